The van der Waals surface area contributed by atoms with Crippen molar-refractivity contribution in [2.75, 3.05) is 0 Å². The normalized spacial score (nSPS) is 11.9. The number of para-hydroxylation sites is 3. The van der Waals surface area contributed by atoms with Gasteiger partial charge in [-0.15, -0.1) is 0 Å². The number of furan rings is 1. The van der Waals surface area contributed by atoms with Crippen LogP contribution in [-0.4, -0.2) is 9.13 Å². The largest absolute Gasteiger partial charge is 0.456 e. The Labute approximate surface area is 328 Å². The van der Waals surface area contributed by atoms with Crippen molar-refractivity contribution >= 4 is 65.6 Å². The van der Waals surface area contributed by atoms with Crippen LogP contribution in [0.2, 0.25) is 0 Å². The Hall–Kier alpha value is -7.62. The first-order valence-corrected chi connectivity index (χ1v) is 19.5. The Bertz CT molecular complexity index is 3460. The highest BCUT2D eigenvalue weighted by Crippen LogP contribution is 2.39. The van der Waals surface area contributed by atoms with Gasteiger partial charge in [0.25, 0.3) is 0 Å². The first kappa shape index (κ1) is 31.7. The van der Waals surface area contributed by atoms with Crippen molar-refractivity contribution in [3.63, 3.8) is 0 Å². The van der Waals surface area contributed by atoms with Crippen molar-refractivity contribution in [2.45, 2.75) is 0 Å². The van der Waals surface area contributed by atoms with Crippen molar-refractivity contribution in [3.05, 3.63) is 206 Å². The molecule has 9 aromatic carbocycles. The molecule has 0 aliphatic heterocycles. The Balaban J connectivity index is 0.946. The maximum absolute atomic E-state index is 6.42. The van der Waals surface area contributed by atoms with Crippen LogP contribution in [0.1, 0.15) is 0 Å². The summed E-state index contributed by atoms with van der Waals surface area (Å²) in [7, 11) is 0. The van der Waals surface area contributed by atoms with E-state index in [1.807, 2.05) is 0 Å². The van der Waals surface area contributed by atoms with Gasteiger partial charge >= 0.3 is 0 Å². The van der Waals surface area contributed by atoms with Crippen LogP contribution < -0.4 is 0 Å². The van der Waals surface area contributed by atoms with Gasteiger partial charge in [-0.2, -0.15) is 0 Å². The highest BCUT2D eigenvalue weighted by molar-refractivity contribution is 6.12. The highest BCUT2D eigenvalue weighted by atomic mass is 16.3. The molecule has 3 aromatic heterocycles. The minimum absolute atomic E-state index is 0.889. The molecule has 0 N–H and O–H groups in total. The number of hydrogen-bond acceptors (Lipinski definition) is 1. The lowest BCUT2D eigenvalue weighted by atomic mass is 9.99. The minimum atomic E-state index is 0.889. The molecule has 0 aliphatic carbocycles. The monoisotopic (exact) mass is 726 g/mol. The average Bonchev–Trinajstić information content (AvgIpc) is 3.94. The predicted molar refractivity (Wildman–Crippen MR) is 239 cm³/mol. The fraction of sp³-hybridized carbons (Fsp3) is 0. The van der Waals surface area contributed by atoms with Crippen LogP contribution in [0.25, 0.3) is 110 Å². The third kappa shape index (κ3) is 4.99. The standard InChI is InChI=1S/C54H34N2O/c1-2-11-35(12-3-1)37-13-10-14-38(31-37)36-21-25-41(26-22-36)55-51-20-9-6-17-45(51)46-32-39(23-28-52(46)55)40-24-29-53-47(33-40)48-34-42(27-30-54(48)57-53)56-49-18-7-4-15-43(49)44-16-5-8-19-50(44)56/h1-34H. The van der Waals surface area contributed by atoms with Crippen LogP contribution in [-0.2, 0) is 0 Å². The zero-order valence-electron chi connectivity index (χ0n) is 30.9. The molecular weight excluding hydrogens is 693 g/mol. The summed E-state index contributed by atoms with van der Waals surface area (Å²) in [6, 6.07) is 74.5. The molecule has 0 spiro atoms. The number of aromatic nitrogens is 2. The van der Waals surface area contributed by atoms with E-state index in [-0.39, 0.29) is 0 Å². The Kier molecular flexibility index (Phi) is 6.93. The van der Waals surface area contributed by atoms with E-state index in [1.54, 1.807) is 0 Å². The van der Waals surface area contributed by atoms with Crippen LogP contribution in [0.15, 0.2) is 211 Å². The third-order valence-corrected chi connectivity index (χ3v) is 11.7. The van der Waals surface area contributed by atoms with Crippen molar-refractivity contribution < 1.29 is 4.42 Å². The molecule has 0 atom stereocenters. The van der Waals surface area contributed by atoms with E-state index < -0.39 is 0 Å². The Morgan fingerprint density at radius 2 is 0.667 bits per heavy atom. The molecule has 0 radical (unpaired) electrons. The predicted octanol–water partition coefficient (Wildman–Crippen LogP) is 14.8. The molecular formula is C54H34N2O. The first-order valence-electron chi connectivity index (χ1n) is 19.5. The lowest BCUT2D eigenvalue weighted by Gasteiger charge is -2.11. The number of benzene rings is 9. The lowest BCUT2D eigenvalue weighted by molar-refractivity contribution is 0.669. The molecule has 0 bridgehead atoms. The van der Waals surface area contributed by atoms with Crippen molar-refractivity contribution in [1.82, 2.24) is 9.13 Å². The van der Waals surface area contributed by atoms with Gasteiger partial charge in [-0.3, -0.25) is 0 Å². The van der Waals surface area contributed by atoms with Gasteiger partial charge in [-0.05, 0) is 112 Å². The Morgan fingerprint density at radius 1 is 0.246 bits per heavy atom. The molecule has 3 heteroatoms. The molecule has 0 aliphatic rings. The van der Waals surface area contributed by atoms with E-state index in [0.29, 0.717) is 0 Å². The average molecular weight is 727 g/mol. The summed E-state index contributed by atoms with van der Waals surface area (Å²) >= 11 is 0. The molecule has 57 heavy (non-hydrogen) atoms. The maximum atomic E-state index is 6.42. The Morgan fingerprint density at radius 3 is 1.33 bits per heavy atom. The van der Waals surface area contributed by atoms with Gasteiger partial charge in [0.15, 0.2) is 0 Å². The van der Waals surface area contributed by atoms with E-state index in [4.69, 9.17) is 4.42 Å². The smallest absolute Gasteiger partial charge is 0.135 e. The minimum Gasteiger partial charge on any atom is -0.456 e. The molecule has 0 amide bonds. The van der Waals surface area contributed by atoms with Crippen LogP contribution in [0, 0.1) is 0 Å². The topological polar surface area (TPSA) is 23.0 Å². The summed E-state index contributed by atoms with van der Waals surface area (Å²) in [5.74, 6) is 0. The van der Waals surface area contributed by atoms with E-state index in [9.17, 15) is 0 Å². The number of fused-ring (bicyclic) bond motifs is 9. The molecule has 3 nitrogen and oxygen atoms in total. The second-order valence-electron chi connectivity index (χ2n) is 14.9. The molecule has 0 saturated heterocycles. The van der Waals surface area contributed by atoms with Gasteiger partial charge < -0.3 is 13.6 Å². The van der Waals surface area contributed by atoms with E-state index >= 15 is 0 Å². The van der Waals surface area contributed by atoms with Gasteiger partial charge in [0, 0.05) is 43.7 Å². The summed E-state index contributed by atoms with van der Waals surface area (Å²) in [6.45, 7) is 0. The second-order valence-corrected chi connectivity index (χ2v) is 14.9. The number of rotatable bonds is 5. The van der Waals surface area contributed by atoms with Gasteiger partial charge in [0.2, 0.25) is 0 Å². The second kappa shape index (κ2) is 12.5. The SMILES string of the molecule is c1ccc(-c2cccc(-c3ccc(-n4c5ccccc5c5cc(-c6ccc7oc8ccc(-n9c%10ccccc%10c%10ccccc%109)cc8c7c6)ccc54)cc3)c2)cc1. The fourth-order valence-corrected chi connectivity index (χ4v) is 9.03. The summed E-state index contributed by atoms with van der Waals surface area (Å²) in [6.07, 6.45) is 0. The lowest BCUT2D eigenvalue weighted by Crippen LogP contribution is -1.93. The molecule has 12 rings (SSSR count). The molecule has 0 fully saturated rings. The van der Waals surface area contributed by atoms with E-state index in [0.717, 1.165) is 38.9 Å². The van der Waals surface area contributed by atoms with Crippen LogP contribution >= 0.6 is 0 Å². The summed E-state index contributed by atoms with van der Waals surface area (Å²) in [5, 5.41) is 7.20. The number of nitrogens with zero attached hydrogens (tertiary/aromatic N) is 2. The van der Waals surface area contributed by atoms with E-state index in [1.165, 1.54) is 71.4 Å². The maximum Gasteiger partial charge on any atom is 0.135 e. The zero-order chi connectivity index (χ0) is 37.5. The molecule has 12 aromatic rings. The van der Waals surface area contributed by atoms with Gasteiger partial charge in [0.1, 0.15) is 11.2 Å². The van der Waals surface area contributed by atoms with Gasteiger partial charge in [0.05, 0.1) is 22.1 Å². The molecule has 266 valence electrons. The van der Waals surface area contributed by atoms with Gasteiger partial charge in [-0.1, -0.05) is 127 Å². The van der Waals surface area contributed by atoms with Gasteiger partial charge in [-0.25, -0.2) is 0 Å². The molecule has 0 saturated carbocycles. The van der Waals surface area contributed by atoms with Crippen LogP contribution in [0.3, 0.4) is 0 Å². The van der Waals surface area contributed by atoms with Crippen molar-refractivity contribution in [1.29, 1.82) is 0 Å². The molecule has 3 heterocycles. The van der Waals surface area contributed by atoms with Crippen LogP contribution in [0.5, 0.6) is 0 Å². The summed E-state index contributed by atoms with van der Waals surface area (Å²) in [4.78, 5) is 0. The van der Waals surface area contributed by atoms with Crippen LogP contribution in [0.4, 0.5) is 0 Å². The molecule has 0 unspecified atom stereocenters. The van der Waals surface area contributed by atoms with Crippen molar-refractivity contribution in [3.8, 4) is 44.8 Å². The summed E-state index contributed by atoms with van der Waals surface area (Å²) < 4.78 is 11.2. The number of hydrogen-bond donors (Lipinski definition) is 0. The fourth-order valence-electron chi connectivity index (χ4n) is 9.03. The highest BCUT2D eigenvalue weighted by Gasteiger charge is 2.17. The summed E-state index contributed by atoms with van der Waals surface area (Å²) in [5.41, 5.74) is 16.0. The quantitative estimate of drug-likeness (QED) is 0.173. The third-order valence-electron chi connectivity index (χ3n) is 11.7. The van der Waals surface area contributed by atoms with E-state index in [2.05, 4.69) is 215 Å². The first-order chi connectivity index (χ1) is 28.2. The van der Waals surface area contributed by atoms with Crippen molar-refractivity contribution in [2.24, 2.45) is 0 Å². The zero-order valence-corrected chi connectivity index (χ0v) is 30.9.